The number of esters is 1. The number of aliphatic hydroxyl groups is 1. The highest BCUT2D eigenvalue weighted by molar-refractivity contribution is 5.98. The van der Waals surface area contributed by atoms with Crippen molar-refractivity contribution in [2.75, 3.05) is 6.61 Å². The van der Waals surface area contributed by atoms with Crippen molar-refractivity contribution in [3.05, 3.63) is 48.2 Å². The van der Waals surface area contributed by atoms with E-state index in [0.717, 1.165) is 5.56 Å². The second kappa shape index (κ2) is 10.2. The van der Waals surface area contributed by atoms with Gasteiger partial charge in [0.05, 0.1) is 0 Å². The van der Waals surface area contributed by atoms with E-state index in [1.54, 1.807) is 20.8 Å². The molecule has 2 N–H and O–H groups in total. The van der Waals surface area contributed by atoms with Crippen LogP contribution in [0.25, 0.3) is 0 Å². The summed E-state index contributed by atoms with van der Waals surface area (Å²) in [6, 6.07) is 7.97. The molecule has 8 nitrogen and oxygen atoms in total. The Bertz CT molecular complexity index is 772. The molecule has 2 amide bonds. The number of hydrogen-bond donors (Lipinski definition) is 2. The van der Waals surface area contributed by atoms with Gasteiger partial charge in [0.15, 0.2) is 0 Å². The van der Waals surface area contributed by atoms with E-state index >= 15 is 0 Å². The molecule has 1 heterocycles. The number of carbonyl (C=O) groups excluding carboxylic acids is 3. The van der Waals surface area contributed by atoms with E-state index < -0.39 is 29.6 Å². The zero-order valence-corrected chi connectivity index (χ0v) is 17.7. The van der Waals surface area contributed by atoms with Crippen LogP contribution in [0.15, 0.2) is 42.6 Å². The first-order valence-electron chi connectivity index (χ1n) is 9.95. The molecule has 1 saturated heterocycles. The van der Waals surface area contributed by atoms with Crippen LogP contribution in [0.4, 0.5) is 4.79 Å². The van der Waals surface area contributed by atoms with Gasteiger partial charge in [0.1, 0.15) is 23.9 Å². The molecule has 0 unspecified atom stereocenters. The lowest BCUT2D eigenvalue weighted by molar-refractivity contribution is -0.163. The third-order valence-corrected chi connectivity index (χ3v) is 4.60. The molecule has 0 radical (unpaired) electrons. The van der Waals surface area contributed by atoms with Gasteiger partial charge in [-0.15, -0.1) is 0 Å². The van der Waals surface area contributed by atoms with Gasteiger partial charge in [-0.3, -0.25) is 10.1 Å². The smallest absolute Gasteiger partial charge is 0.412 e. The Hall–Kier alpha value is -2.87. The van der Waals surface area contributed by atoms with Crippen molar-refractivity contribution in [1.29, 1.82) is 0 Å². The zero-order valence-electron chi connectivity index (χ0n) is 17.7. The summed E-state index contributed by atoms with van der Waals surface area (Å²) < 4.78 is 10.6. The van der Waals surface area contributed by atoms with Gasteiger partial charge < -0.3 is 19.5 Å². The maximum Gasteiger partial charge on any atom is 0.412 e. The average molecular weight is 418 g/mol. The molecule has 1 aromatic carbocycles. The summed E-state index contributed by atoms with van der Waals surface area (Å²) in [5, 5.41) is 11.7. The Morgan fingerprint density at radius 1 is 1.20 bits per heavy atom. The van der Waals surface area contributed by atoms with Crippen molar-refractivity contribution in [3.63, 3.8) is 0 Å². The van der Waals surface area contributed by atoms with Gasteiger partial charge in [-0.2, -0.15) is 0 Å². The number of amides is 2. The SMILES string of the molecule is C=C(NC(=O)OCc1ccccc1)C(=O)N1[C@@H](CCO)CC[C@H]1C(=O)OC(C)(C)C. The van der Waals surface area contributed by atoms with Crippen molar-refractivity contribution in [2.24, 2.45) is 0 Å². The maximum atomic E-state index is 13.0. The van der Waals surface area contributed by atoms with Gasteiger partial charge in [-0.05, 0) is 45.6 Å². The topological polar surface area (TPSA) is 105 Å². The molecule has 1 aliphatic rings. The number of benzene rings is 1. The molecule has 2 rings (SSSR count). The number of nitrogens with zero attached hydrogens (tertiary/aromatic N) is 1. The molecule has 0 bridgehead atoms. The van der Waals surface area contributed by atoms with E-state index in [9.17, 15) is 19.5 Å². The van der Waals surface area contributed by atoms with Crippen LogP contribution in [-0.2, 0) is 25.7 Å². The molecular formula is C22H30N2O6. The van der Waals surface area contributed by atoms with E-state index in [0.29, 0.717) is 19.3 Å². The summed E-state index contributed by atoms with van der Waals surface area (Å²) in [6.07, 6.45) is 0.458. The molecule has 8 heteroatoms. The van der Waals surface area contributed by atoms with E-state index in [4.69, 9.17) is 9.47 Å². The number of hydrogen-bond acceptors (Lipinski definition) is 6. The van der Waals surface area contributed by atoms with Crippen molar-refractivity contribution < 1.29 is 29.0 Å². The van der Waals surface area contributed by atoms with Crippen LogP contribution in [0.2, 0.25) is 0 Å². The van der Waals surface area contributed by atoms with Gasteiger partial charge >= 0.3 is 12.1 Å². The van der Waals surface area contributed by atoms with Crippen molar-refractivity contribution in [2.45, 2.75) is 64.3 Å². The van der Waals surface area contributed by atoms with E-state index in [1.807, 2.05) is 30.3 Å². The summed E-state index contributed by atoms with van der Waals surface area (Å²) in [4.78, 5) is 39.0. The molecular weight excluding hydrogens is 388 g/mol. The number of aliphatic hydroxyl groups excluding tert-OH is 1. The highest BCUT2D eigenvalue weighted by Gasteiger charge is 2.43. The molecule has 30 heavy (non-hydrogen) atoms. The van der Waals surface area contributed by atoms with Crippen LogP contribution in [0.3, 0.4) is 0 Å². The minimum atomic E-state index is -0.816. The lowest BCUT2D eigenvalue weighted by Gasteiger charge is -2.31. The van der Waals surface area contributed by atoms with E-state index in [-0.39, 0.29) is 25.0 Å². The van der Waals surface area contributed by atoms with Crippen molar-refractivity contribution in [3.8, 4) is 0 Å². The van der Waals surface area contributed by atoms with E-state index in [1.165, 1.54) is 4.90 Å². The van der Waals surface area contributed by atoms with Gasteiger partial charge in [-0.25, -0.2) is 9.59 Å². The van der Waals surface area contributed by atoms with Crippen LogP contribution >= 0.6 is 0 Å². The predicted octanol–water partition coefficient (Wildman–Crippen LogP) is 2.51. The van der Waals surface area contributed by atoms with Crippen LogP contribution in [-0.4, -0.2) is 52.3 Å². The molecule has 1 aliphatic heterocycles. The lowest BCUT2D eigenvalue weighted by atomic mass is 10.1. The number of alkyl carbamates (subject to hydrolysis) is 1. The second-order valence-corrected chi connectivity index (χ2v) is 8.17. The first-order valence-corrected chi connectivity index (χ1v) is 9.95. The maximum absolute atomic E-state index is 13.0. The minimum absolute atomic E-state index is 0.0472. The Kier molecular flexibility index (Phi) is 8.00. The molecule has 0 saturated carbocycles. The Balaban J connectivity index is 2.02. The molecule has 1 fully saturated rings. The standard InChI is InChI=1S/C22H30N2O6/c1-15(23-21(28)29-14-16-8-6-5-7-9-16)19(26)24-17(12-13-25)10-11-18(24)20(27)30-22(2,3)4/h5-9,17-18,25H,1,10-14H2,2-4H3,(H,23,28)/t17-,18+/m1/s1. The largest absolute Gasteiger partial charge is 0.458 e. The van der Waals surface area contributed by atoms with Crippen molar-refractivity contribution in [1.82, 2.24) is 10.2 Å². The molecule has 0 aromatic heterocycles. The number of rotatable bonds is 7. The normalized spacial score (nSPS) is 18.6. The zero-order chi connectivity index (χ0) is 22.3. The third-order valence-electron chi connectivity index (χ3n) is 4.60. The number of ether oxygens (including phenoxy) is 2. The first kappa shape index (κ1) is 23.4. The molecule has 1 aromatic rings. The fourth-order valence-electron chi connectivity index (χ4n) is 3.32. The Labute approximate surface area is 176 Å². The Morgan fingerprint density at radius 3 is 2.47 bits per heavy atom. The summed E-state index contributed by atoms with van der Waals surface area (Å²) in [6.45, 7) is 8.81. The highest BCUT2D eigenvalue weighted by atomic mass is 16.6. The third kappa shape index (κ3) is 6.59. The van der Waals surface area contributed by atoms with Crippen LogP contribution in [0.5, 0.6) is 0 Å². The van der Waals surface area contributed by atoms with Crippen LogP contribution < -0.4 is 5.32 Å². The second-order valence-electron chi connectivity index (χ2n) is 8.17. The van der Waals surface area contributed by atoms with Gasteiger partial charge in [0, 0.05) is 12.6 Å². The first-order chi connectivity index (χ1) is 14.1. The summed E-state index contributed by atoms with van der Waals surface area (Å²) in [7, 11) is 0. The molecule has 2 atom stereocenters. The minimum Gasteiger partial charge on any atom is -0.458 e. The molecule has 0 spiro atoms. The highest BCUT2D eigenvalue weighted by Crippen LogP contribution is 2.29. The lowest BCUT2D eigenvalue weighted by Crippen LogP contribution is -2.49. The number of nitrogens with one attached hydrogen (secondary N) is 1. The van der Waals surface area contributed by atoms with Crippen molar-refractivity contribution >= 4 is 18.0 Å². The molecule has 164 valence electrons. The van der Waals surface area contributed by atoms with Gasteiger partial charge in [-0.1, -0.05) is 36.9 Å². The van der Waals surface area contributed by atoms with Gasteiger partial charge in [0.25, 0.3) is 5.91 Å². The monoisotopic (exact) mass is 418 g/mol. The summed E-state index contributed by atoms with van der Waals surface area (Å²) in [5.41, 5.74) is -0.0965. The summed E-state index contributed by atoms with van der Waals surface area (Å²) in [5.74, 6) is -1.12. The number of likely N-dealkylation sites (tertiary alicyclic amines) is 1. The van der Waals surface area contributed by atoms with Crippen LogP contribution in [0, 0.1) is 0 Å². The van der Waals surface area contributed by atoms with Gasteiger partial charge in [0.2, 0.25) is 0 Å². The fourth-order valence-corrected chi connectivity index (χ4v) is 3.32. The van der Waals surface area contributed by atoms with Crippen LogP contribution in [0.1, 0.15) is 45.6 Å². The molecule has 0 aliphatic carbocycles. The fraction of sp³-hybridized carbons (Fsp3) is 0.500. The predicted molar refractivity (Wildman–Crippen MR) is 110 cm³/mol. The Morgan fingerprint density at radius 2 is 1.87 bits per heavy atom. The number of carbonyl (C=O) groups is 3. The average Bonchev–Trinajstić information content (AvgIpc) is 3.09. The summed E-state index contributed by atoms with van der Waals surface area (Å²) >= 11 is 0. The quantitative estimate of drug-likeness (QED) is 0.521. The van der Waals surface area contributed by atoms with E-state index in [2.05, 4.69) is 11.9 Å².